The number of hydrogen-bond donors (Lipinski definition) is 1. The van der Waals surface area contributed by atoms with Crippen LogP contribution in [0.15, 0.2) is 47.6 Å². The van der Waals surface area contributed by atoms with Gasteiger partial charge < -0.3 is 19.2 Å². The van der Waals surface area contributed by atoms with Crippen molar-refractivity contribution in [3.05, 3.63) is 64.7 Å². The molecule has 228 valence electrons. The SMILES string of the molecule is CC(C)(C)OC(=O)N1CCC(ONC(=O)COc2ccc3c(c2)CCC/C3=N/OCc2ccc(C(F)(F)F)cc2)CC1. The van der Waals surface area contributed by atoms with Gasteiger partial charge in [-0.2, -0.15) is 13.2 Å². The standard InChI is InChI=1S/C30H36F3N3O6/c1-29(2,3)41-28(38)36-15-13-23(14-16-36)42-35-27(37)19-39-24-11-12-25-21(17-24)5-4-6-26(25)34-40-18-20-7-9-22(10-8-20)30(31,32)33/h7-12,17,23H,4-6,13-16,18-19H2,1-3H3,(H,35,37)/b34-26-. The molecule has 1 aliphatic carbocycles. The third-order valence-corrected chi connectivity index (χ3v) is 6.74. The Morgan fingerprint density at radius 1 is 1.02 bits per heavy atom. The van der Waals surface area contributed by atoms with Crippen molar-refractivity contribution in [1.82, 2.24) is 10.4 Å². The quantitative estimate of drug-likeness (QED) is 0.391. The first-order valence-electron chi connectivity index (χ1n) is 13.9. The van der Waals surface area contributed by atoms with E-state index >= 15 is 0 Å². The van der Waals surface area contributed by atoms with Crippen LogP contribution in [0.4, 0.5) is 18.0 Å². The smallest absolute Gasteiger partial charge is 0.416 e. The number of ether oxygens (including phenoxy) is 2. The first kappa shape index (κ1) is 31.1. The van der Waals surface area contributed by atoms with Gasteiger partial charge in [0.15, 0.2) is 6.61 Å². The van der Waals surface area contributed by atoms with Crippen LogP contribution >= 0.6 is 0 Å². The summed E-state index contributed by atoms with van der Waals surface area (Å²) in [5.74, 6) is 0.0997. The Kier molecular flexibility index (Phi) is 9.97. The maximum Gasteiger partial charge on any atom is 0.416 e. The number of hydroxylamine groups is 1. The number of carbonyl (C=O) groups excluding carboxylic acids is 2. The lowest BCUT2D eigenvalue weighted by Crippen LogP contribution is -2.45. The molecule has 1 heterocycles. The van der Waals surface area contributed by atoms with E-state index in [1.54, 1.807) is 11.0 Å². The number of piperidine rings is 1. The highest BCUT2D eigenvalue weighted by Gasteiger charge is 2.30. The number of fused-ring (bicyclic) bond motifs is 1. The fraction of sp³-hybridized carbons (Fsp3) is 0.500. The highest BCUT2D eigenvalue weighted by Crippen LogP contribution is 2.29. The fourth-order valence-electron chi connectivity index (χ4n) is 4.61. The average molecular weight is 592 g/mol. The lowest BCUT2D eigenvalue weighted by atomic mass is 9.90. The molecule has 12 heteroatoms. The molecule has 0 saturated carbocycles. The van der Waals surface area contributed by atoms with Gasteiger partial charge in [0.05, 0.1) is 17.4 Å². The average Bonchev–Trinajstić information content (AvgIpc) is 2.94. The van der Waals surface area contributed by atoms with Gasteiger partial charge in [-0.25, -0.2) is 10.3 Å². The topological polar surface area (TPSA) is 98.7 Å². The summed E-state index contributed by atoms with van der Waals surface area (Å²) < 4.78 is 49.3. The van der Waals surface area contributed by atoms with Crippen LogP contribution in [-0.2, 0) is 38.4 Å². The number of halogens is 3. The van der Waals surface area contributed by atoms with Crippen LogP contribution < -0.4 is 10.2 Å². The molecule has 0 radical (unpaired) electrons. The second-order valence-corrected chi connectivity index (χ2v) is 11.3. The number of carbonyl (C=O) groups is 2. The van der Waals surface area contributed by atoms with Crippen LogP contribution in [-0.4, -0.2) is 54.0 Å². The van der Waals surface area contributed by atoms with Crippen LogP contribution in [0.5, 0.6) is 5.75 Å². The maximum absolute atomic E-state index is 12.7. The largest absolute Gasteiger partial charge is 0.484 e. The van der Waals surface area contributed by atoms with E-state index in [9.17, 15) is 22.8 Å². The summed E-state index contributed by atoms with van der Waals surface area (Å²) in [5, 5.41) is 4.24. The monoisotopic (exact) mass is 591 g/mol. The third-order valence-electron chi connectivity index (χ3n) is 6.74. The molecule has 0 unspecified atom stereocenters. The summed E-state index contributed by atoms with van der Waals surface area (Å²) in [6.07, 6.45) is -1.44. The van der Waals surface area contributed by atoms with Gasteiger partial charge in [-0.05, 0) is 94.3 Å². The zero-order valence-corrected chi connectivity index (χ0v) is 24.0. The number of rotatable bonds is 8. The fourth-order valence-corrected chi connectivity index (χ4v) is 4.61. The van der Waals surface area contributed by atoms with E-state index in [-0.39, 0.29) is 25.4 Å². The molecular formula is C30H36F3N3O6. The Bertz CT molecular complexity index is 1270. The van der Waals surface area contributed by atoms with Gasteiger partial charge in [-0.1, -0.05) is 17.3 Å². The van der Waals surface area contributed by atoms with Crippen molar-refractivity contribution in [2.45, 2.75) is 77.4 Å². The summed E-state index contributed by atoms with van der Waals surface area (Å²) in [7, 11) is 0. The summed E-state index contributed by atoms with van der Waals surface area (Å²) in [5.41, 5.74) is 4.41. The molecule has 0 spiro atoms. The Balaban J connectivity index is 1.20. The number of benzene rings is 2. The molecule has 0 aromatic heterocycles. The lowest BCUT2D eigenvalue weighted by Gasteiger charge is -2.33. The number of oxime groups is 1. The zero-order valence-electron chi connectivity index (χ0n) is 24.0. The maximum atomic E-state index is 12.7. The second kappa shape index (κ2) is 13.5. The van der Waals surface area contributed by atoms with Crippen molar-refractivity contribution in [3.63, 3.8) is 0 Å². The molecule has 1 saturated heterocycles. The number of nitrogens with zero attached hydrogens (tertiary/aromatic N) is 2. The Hall–Kier alpha value is -3.80. The van der Waals surface area contributed by atoms with Crippen molar-refractivity contribution in [2.75, 3.05) is 19.7 Å². The highest BCUT2D eigenvalue weighted by atomic mass is 19.4. The van der Waals surface area contributed by atoms with Crippen molar-refractivity contribution in [3.8, 4) is 5.75 Å². The van der Waals surface area contributed by atoms with E-state index in [0.29, 0.717) is 43.7 Å². The minimum atomic E-state index is -4.38. The van der Waals surface area contributed by atoms with E-state index in [0.717, 1.165) is 41.8 Å². The van der Waals surface area contributed by atoms with Crippen LogP contribution in [0.2, 0.25) is 0 Å². The van der Waals surface area contributed by atoms with Crippen LogP contribution in [0.25, 0.3) is 0 Å². The molecule has 2 amide bonds. The molecule has 2 aromatic rings. The summed E-state index contributed by atoms with van der Waals surface area (Å²) >= 11 is 0. The number of aryl methyl sites for hydroxylation is 1. The van der Waals surface area contributed by atoms with Gasteiger partial charge in [0.2, 0.25) is 0 Å². The first-order chi connectivity index (χ1) is 19.9. The molecule has 2 aliphatic rings. The van der Waals surface area contributed by atoms with Gasteiger partial charge >= 0.3 is 12.3 Å². The number of likely N-dealkylation sites (tertiary alicyclic amines) is 1. The van der Waals surface area contributed by atoms with Gasteiger partial charge in [0.1, 0.15) is 18.0 Å². The van der Waals surface area contributed by atoms with Crippen molar-refractivity contribution >= 4 is 17.7 Å². The summed E-state index contributed by atoms with van der Waals surface area (Å²) in [6.45, 7) is 6.25. The zero-order chi connectivity index (χ0) is 30.3. The minimum Gasteiger partial charge on any atom is -0.484 e. The van der Waals surface area contributed by atoms with Gasteiger partial charge in [0, 0.05) is 18.7 Å². The molecule has 1 aliphatic heterocycles. The summed E-state index contributed by atoms with van der Waals surface area (Å²) in [6, 6.07) is 10.3. The molecule has 42 heavy (non-hydrogen) atoms. The highest BCUT2D eigenvalue weighted by molar-refractivity contribution is 6.02. The van der Waals surface area contributed by atoms with E-state index < -0.39 is 23.2 Å². The van der Waals surface area contributed by atoms with Crippen molar-refractivity contribution < 1.29 is 41.9 Å². The minimum absolute atomic E-state index is 0.0538. The molecular weight excluding hydrogens is 555 g/mol. The second-order valence-electron chi connectivity index (χ2n) is 11.3. The van der Waals surface area contributed by atoms with E-state index in [1.165, 1.54) is 12.1 Å². The van der Waals surface area contributed by atoms with Crippen molar-refractivity contribution in [2.24, 2.45) is 5.16 Å². The number of nitrogens with one attached hydrogen (secondary N) is 1. The van der Waals surface area contributed by atoms with Crippen LogP contribution in [0.1, 0.15) is 68.7 Å². The Morgan fingerprint density at radius 2 is 1.74 bits per heavy atom. The molecule has 4 rings (SSSR count). The molecule has 1 N–H and O–H groups in total. The predicted octanol–water partition coefficient (Wildman–Crippen LogP) is 5.79. The molecule has 0 atom stereocenters. The van der Waals surface area contributed by atoms with E-state index in [4.69, 9.17) is 19.1 Å². The number of alkyl halides is 3. The van der Waals surface area contributed by atoms with Crippen LogP contribution in [0.3, 0.4) is 0 Å². The third kappa shape index (κ3) is 9.10. The summed E-state index contributed by atoms with van der Waals surface area (Å²) in [4.78, 5) is 37.1. The van der Waals surface area contributed by atoms with E-state index in [2.05, 4.69) is 10.6 Å². The lowest BCUT2D eigenvalue weighted by molar-refractivity contribution is -0.143. The molecule has 1 fully saturated rings. The number of hydrogen-bond acceptors (Lipinski definition) is 7. The number of amides is 2. The molecule has 9 nitrogen and oxygen atoms in total. The normalized spacial score (nSPS) is 17.0. The van der Waals surface area contributed by atoms with E-state index in [1.807, 2.05) is 32.9 Å². The van der Waals surface area contributed by atoms with Gasteiger partial charge in [-0.15, -0.1) is 0 Å². The predicted molar refractivity (Wildman–Crippen MR) is 148 cm³/mol. The van der Waals surface area contributed by atoms with Crippen LogP contribution in [0, 0.1) is 0 Å². The van der Waals surface area contributed by atoms with Gasteiger partial charge in [-0.3, -0.25) is 9.63 Å². The Labute approximate surface area is 242 Å². The van der Waals surface area contributed by atoms with Gasteiger partial charge in [0.25, 0.3) is 5.91 Å². The molecule has 0 bridgehead atoms. The molecule has 2 aromatic carbocycles. The Morgan fingerprint density at radius 3 is 2.40 bits per heavy atom. The van der Waals surface area contributed by atoms with Crippen molar-refractivity contribution in [1.29, 1.82) is 0 Å². The first-order valence-corrected chi connectivity index (χ1v) is 13.9.